The van der Waals surface area contributed by atoms with Crippen LogP contribution >= 0.6 is 0 Å². The van der Waals surface area contributed by atoms with E-state index in [1.54, 1.807) is 0 Å². The third-order valence-electron chi connectivity index (χ3n) is 4.63. The summed E-state index contributed by atoms with van der Waals surface area (Å²) in [6.45, 7) is 2.22. The molecule has 0 aliphatic carbocycles. The summed E-state index contributed by atoms with van der Waals surface area (Å²) in [4.78, 5) is 0. The molecule has 0 rings (SSSR count). The van der Waals surface area contributed by atoms with Crippen LogP contribution in [0.5, 0.6) is 0 Å². The van der Waals surface area contributed by atoms with Crippen molar-refractivity contribution < 1.29 is 20.1 Å². The molecule has 0 spiro atoms. The molecule has 0 saturated heterocycles. The Hall–Kier alpha value is -0.420. The van der Waals surface area contributed by atoms with Gasteiger partial charge in [-0.3, -0.25) is 0 Å². The van der Waals surface area contributed by atoms with Crippen molar-refractivity contribution in [2.75, 3.05) is 19.8 Å². The summed E-state index contributed by atoms with van der Waals surface area (Å²) in [7, 11) is 0. The van der Waals surface area contributed by atoms with Crippen LogP contribution in [0.3, 0.4) is 0 Å². The number of aliphatic hydroxyl groups is 3. The molecule has 0 aliphatic rings. The molecule has 0 radical (unpaired) electrons. The fraction of sp³-hybridized carbons (Fsp3) is 0.909. The highest BCUT2D eigenvalue weighted by Crippen LogP contribution is 2.12. The molecule has 0 aliphatic heterocycles. The Bertz CT molecular complexity index is 294. The van der Waals surface area contributed by atoms with Gasteiger partial charge in [-0.15, -0.1) is 0 Å². The third-order valence-corrected chi connectivity index (χ3v) is 4.63. The average molecular weight is 373 g/mol. The zero-order chi connectivity index (χ0) is 19.3. The van der Waals surface area contributed by atoms with E-state index in [-0.39, 0.29) is 19.8 Å². The van der Waals surface area contributed by atoms with E-state index in [9.17, 15) is 5.11 Å². The van der Waals surface area contributed by atoms with Gasteiger partial charge in [-0.25, -0.2) is 0 Å². The Balaban J connectivity index is 3.23. The van der Waals surface area contributed by atoms with Gasteiger partial charge in [0.2, 0.25) is 0 Å². The van der Waals surface area contributed by atoms with Crippen LogP contribution in [0, 0.1) is 0 Å². The highest BCUT2D eigenvalue weighted by Gasteiger charge is 2.05. The van der Waals surface area contributed by atoms with Gasteiger partial charge in [-0.2, -0.15) is 0 Å². The molecule has 0 unspecified atom stereocenters. The monoisotopic (exact) mass is 372 g/mol. The van der Waals surface area contributed by atoms with Crippen LogP contribution in [-0.4, -0.2) is 47.3 Å². The second-order valence-corrected chi connectivity index (χ2v) is 7.41. The van der Waals surface area contributed by atoms with Crippen molar-refractivity contribution in [1.82, 2.24) is 0 Å². The van der Waals surface area contributed by atoms with Gasteiger partial charge >= 0.3 is 0 Å². The molecule has 0 amide bonds. The molecule has 0 aromatic heterocycles. The topological polar surface area (TPSA) is 69.9 Å². The molecule has 2 atom stereocenters. The van der Waals surface area contributed by atoms with Gasteiger partial charge in [0.05, 0.1) is 25.9 Å². The van der Waals surface area contributed by atoms with Crippen molar-refractivity contribution in [2.45, 2.75) is 109 Å². The Labute approximate surface area is 161 Å². The molecule has 4 nitrogen and oxygen atoms in total. The highest BCUT2D eigenvalue weighted by atomic mass is 16.5. The molecule has 0 fully saturated rings. The first-order valence-electron chi connectivity index (χ1n) is 10.9. The molecule has 0 saturated carbocycles. The number of hydrogen-bond acceptors (Lipinski definition) is 4. The quantitative estimate of drug-likeness (QED) is 0.213. The van der Waals surface area contributed by atoms with E-state index in [0.29, 0.717) is 6.42 Å². The highest BCUT2D eigenvalue weighted by molar-refractivity contribution is 4.84. The summed E-state index contributed by atoms with van der Waals surface area (Å²) in [5.41, 5.74) is 0. The average Bonchev–Trinajstić information content (AvgIpc) is 2.64. The van der Waals surface area contributed by atoms with Gasteiger partial charge in [0.15, 0.2) is 0 Å². The van der Waals surface area contributed by atoms with Crippen LogP contribution in [0.2, 0.25) is 0 Å². The van der Waals surface area contributed by atoms with E-state index < -0.39 is 12.2 Å². The summed E-state index contributed by atoms with van der Waals surface area (Å²) in [6.07, 6.45) is 20.8. The lowest BCUT2D eigenvalue weighted by atomic mass is 10.0. The maximum absolute atomic E-state index is 9.72. The fourth-order valence-corrected chi connectivity index (χ4v) is 2.94. The lowest BCUT2D eigenvalue weighted by Crippen LogP contribution is -2.23. The van der Waals surface area contributed by atoms with Crippen LogP contribution < -0.4 is 0 Å². The Morgan fingerprint density at radius 3 is 1.73 bits per heavy atom. The second-order valence-electron chi connectivity index (χ2n) is 7.41. The van der Waals surface area contributed by atoms with Crippen molar-refractivity contribution >= 4 is 0 Å². The number of hydrogen-bond donors (Lipinski definition) is 3. The Kier molecular flexibility index (Phi) is 20.5. The zero-order valence-electron chi connectivity index (χ0n) is 17.1. The fourth-order valence-electron chi connectivity index (χ4n) is 2.94. The van der Waals surface area contributed by atoms with E-state index in [1.165, 1.54) is 77.0 Å². The molecule has 3 N–H and O–H groups in total. The third kappa shape index (κ3) is 19.9. The lowest BCUT2D eigenvalue weighted by Gasteiger charge is -2.11. The second kappa shape index (κ2) is 20.9. The number of aliphatic hydroxyl groups excluding tert-OH is 3. The predicted molar refractivity (Wildman–Crippen MR) is 109 cm³/mol. The minimum atomic E-state index is -0.858. The van der Waals surface area contributed by atoms with Crippen molar-refractivity contribution in [1.29, 1.82) is 0 Å². The standard InChI is InChI=1S/C22H44O4/c1-2-3-4-5-6-7-8-9-10-11-12-13-14-15-16-17-21(24)19-26-20-22(25)18-23/h15-16,21-25H,2-14,17-20H2,1H3/b16-15-/t21-,22+/m1/s1. The Morgan fingerprint density at radius 1 is 0.692 bits per heavy atom. The maximum atomic E-state index is 9.72. The zero-order valence-corrected chi connectivity index (χ0v) is 17.1. The summed E-state index contributed by atoms with van der Waals surface area (Å²) in [5.74, 6) is 0. The molecular weight excluding hydrogens is 328 g/mol. The summed E-state index contributed by atoms with van der Waals surface area (Å²) in [5, 5.41) is 27.5. The van der Waals surface area contributed by atoms with Crippen molar-refractivity contribution in [3.05, 3.63) is 12.2 Å². The largest absolute Gasteiger partial charge is 0.394 e. The van der Waals surface area contributed by atoms with E-state index >= 15 is 0 Å². The SMILES string of the molecule is CCCCCCCCCCCCCC/C=C\C[C@@H](O)COC[C@@H](O)CO. The molecule has 4 heteroatoms. The first-order valence-corrected chi connectivity index (χ1v) is 10.9. The van der Waals surface area contributed by atoms with E-state index in [2.05, 4.69) is 13.0 Å². The molecule has 0 aromatic rings. The molecule has 156 valence electrons. The van der Waals surface area contributed by atoms with E-state index in [4.69, 9.17) is 14.9 Å². The molecule has 26 heavy (non-hydrogen) atoms. The van der Waals surface area contributed by atoms with Gasteiger partial charge in [0.25, 0.3) is 0 Å². The van der Waals surface area contributed by atoms with Gasteiger partial charge < -0.3 is 20.1 Å². The lowest BCUT2D eigenvalue weighted by molar-refractivity contribution is -0.0233. The Morgan fingerprint density at radius 2 is 1.19 bits per heavy atom. The number of allylic oxidation sites excluding steroid dienone is 1. The summed E-state index contributed by atoms with van der Waals surface area (Å²) >= 11 is 0. The number of rotatable bonds is 20. The molecule has 0 heterocycles. The number of ether oxygens (including phenoxy) is 1. The maximum Gasteiger partial charge on any atom is 0.100 e. The van der Waals surface area contributed by atoms with Crippen LogP contribution in [0.15, 0.2) is 12.2 Å². The normalized spacial score (nSPS) is 14.2. The van der Waals surface area contributed by atoms with Crippen LogP contribution in [0.25, 0.3) is 0 Å². The summed E-state index contributed by atoms with van der Waals surface area (Å²) in [6, 6.07) is 0. The number of unbranched alkanes of at least 4 members (excludes halogenated alkanes) is 12. The van der Waals surface area contributed by atoms with Crippen molar-refractivity contribution in [3.63, 3.8) is 0 Å². The molecular formula is C22H44O4. The van der Waals surface area contributed by atoms with Crippen molar-refractivity contribution in [2.24, 2.45) is 0 Å². The summed E-state index contributed by atoms with van der Waals surface area (Å²) < 4.78 is 5.13. The van der Waals surface area contributed by atoms with Crippen LogP contribution in [-0.2, 0) is 4.74 Å². The smallest absolute Gasteiger partial charge is 0.100 e. The minimum absolute atomic E-state index is 0.0656. The minimum Gasteiger partial charge on any atom is -0.394 e. The predicted octanol–water partition coefficient (Wildman–Crippen LogP) is 4.75. The van der Waals surface area contributed by atoms with E-state index in [1.807, 2.05) is 6.08 Å². The van der Waals surface area contributed by atoms with Gasteiger partial charge in [-0.05, 0) is 19.3 Å². The van der Waals surface area contributed by atoms with Gasteiger partial charge in [0, 0.05) is 0 Å². The van der Waals surface area contributed by atoms with Crippen molar-refractivity contribution in [3.8, 4) is 0 Å². The van der Waals surface area contributed by atoms with Gasteiger partial charge in [-0.1, -0.05) is 89.7 Å². The van der Waals surface area contributed by atoms with Crippen LogP contribution in [0.4, 0.5) is 0 Å². The molecule has 0 aromatic carbocycles. The first-order chi connectivity index (χ1) is 12.7. The van der Waals surface area contributed by atoms with Crippen LogP contribution in [0.1, 0.15) is 96.8 Å². The van der Waals surface area contributed by atoms with Gasteiger partial charge in [0.1, 0.15) is 6.10 Å². The first kappa shape index (κ1) is 25.6. The molecule has 0 bridgehead atoms. The van der Waals surface area contributed by atoms with E-state index in [0.717, 1.165) is 6.42 Å².